The number of halogens is 2. The van der Waals surface area contributed by atoms with Crippen molar-refractivity contribution in [2.24, 2.45) is 0 Å². The summed E-state index contributed by atoms with van der Waals surface area (Å²) in [6, 6.07) is 3.44. The van der Waals surface area contributed by atoms with E-state index in [0.717, 1.165) is 30.4 Å². The highest BCUT2D eigenvalue weighted by Crippen LogP contribution is 2.29. The number of unbranched alkanes of at least 4 members (excludes halogenated alkanes) is 1. The Morgan fingerprint density at radius 2 is 1.63 bits per heavy atom. The summed E-state index contributed by atoms with van der Waals surface area (Å²) in [5.74, 6) is 0.274. The van der Waals surface area contributed by atoms with E-state index in [1.54, 1.807) is 12.1 Å². The monoisotopic (exact) mass is 270 g/mol. The molecule has 0 aliphatic carbocycles. The Hall–Kier alpha value is -1.12. The van der Waals surface area contributed by atoms with Crippen molar-refractivity contribution in [3.8, 4) is 5.75 Å². The summed E-state index contributed by atoms with van der Waals surface area (Å²) in [6.45, 7) is 7.91. The summed E-state index contributed by atoms with van der Waals surface area (Å²) in [6.07, 6.45) is -0.0521. The van der Waals surface area contributed by atoms with Crippen LogP contribution in [0.2, 0.25) is 0 Å². The van der Waals surface area contributed by atoms with Crippen LogP contribution < -0.4 is 4.74 Å². The largest absolute Gasteiger partial charge is 0.433 e. The Labute approximate surface area is 115 Å². The molecule has 1 aromatic rings. The summed E-state index contributed by atoms with van der Waals surface area (Å²) < 4.78 is 32.0. The molecule has 0 radical (unpaired) electrons. The molecule has 0 aliphatic rings. The zero-order valence-electron chi connectivity index (χ0n) is 12.4. The van der Waals surface area contributed by atoms with Gasteiger partial charge in [-0.15, -0.1) is 0 Å². The van der Waals surface area contributed by atoms with Crippen molar-refractivity contribution in [2.75, 3.05) is 0 Å². The zero-order chi connectivity index (χ0) is 14.5. The van der Waals surface area contributed by atoms with Gasteiger partial charge in [-0.3, -0.25) is 0 Å². The van der Waals surface area contributed by atoms with Gasteiger partial charge in [0.1, 0.15) is 5.75 Å². The summed E-state index contributed by atoms with van der Waals surface area (Å²) in [5.41, 5.74) is 3.30. The Bertz CT molecular complexity index is 390. The van der Waals surface area contributed by atoms with Gasteiger partial charge in [-0.1, -0.05) is 26.7 Å². The number of hydrogen-bond acceptors (Lipinski definition) is 1. The minimum absolute atomic E-state index is 0.224. The molecule has 0 unspecified atom stereocenters. The van der Waals surface area contributed by atoms with E-state index in [9.17, 15) is 8.78 Å². The fourth-order valence-corrected chi connectivity index (χ4v) is 2.26. The predicted molar refractivity (Wildman–Crippen MR) is 75.0 cm³/mol. The van der Waals surface area contributed by atoms with Gasteiger partial charge in [-0.2, -0.15) is 8.78 Å². The van der Waals surface area contributed by atoms with Crippen molar-refractivity contribution in [1.29, 1.82) is 0 Å². The maximum absolute atomic E-state index is 13.6. The Morgan fingerprint density at radius 3 is 2.11 bits per heavy atom. The lowest BCUT2D eigenvalue weighted by Crippen LogP contribution is -2.24. The van der Waals surface area contributed by atoms with Crippen LogP contribution in [0.15, 0.2) is 12.1 Å². The minimum atomic E-state index is -3.07. The minimum Gasteiger partial charge on any atom is -0.433 e. The van der Waals surface area contributed by atoms with Gasteiger partial charge >= 0.3 is 6.11 Å². The lowest BCUT2D eigenvalue weighted by molar-refractivity contribution is -0.181. The molecule has 0 fully saturated rings. The van der Waals surface area contributed by atoms with Gasteiger partial charge < -0.3 is 4.74 Å². The molecule has 0 bridgehead atoms. The number of rotatable bonds is 7. The molecule has 0 amide bonds. The van der Waals surface area contributed by atoms with Gasteiger partial charge in [-0.05, 0) is 55.5 Å². The van der Waals surface area contributed by atoms with Gasteiger partial charge in [0.25, 0.3) is 0 Å². The fourth-order valence-electron chi connectivity index (χ4n) is 2.26. The third-order valence-corrected chi connectivity index (χ3v) is 3.26. The summed E-state index contributed by atoms with van der Waals surface area (Å²) in [4.78, 5) is 0. The third-order valence-electron chi connectivity index (χ3n) is 3.26. The number of hydrogen-bond donors (Lipinski definition) is 0. The van der Waals surface area contributed by atoms with Gasteiger partial charge in [-0.25, -0.2) is 0 Å². The highest BCUT2D eigenvalue weighted by Gasteiger charge is 2.30. The lowest BCUT2D eigenvalue weighted by Gasteiger charge is -2.19. The van der Waals surface area contributed by atoms with Crippen LogP contribution >= 0.6 is 0 Å². The highest BCUT2D eigenvalue weighted by molar-refractivity contribution is 5.41. The number of ether oxygens (including phenoxy) is 1. The molecule has 108 valence electrons. The number of alkyl halides is 2. The van der Waals surface area contributed by atoms with Crippen LogP contribution in [-0.4, -0.2) is 6.11 Å². The maximum atomic E-state index is 13.6. The van der Waals surface area contributed by atoms with Crippen LogP contribution in [0.4, 0.5) is 8.78 Å². The Kier molecular flexibility index (Phi) is 5.77. The van der Waals surface area contributed by atoms with Crippen molar-refractivity contribution >= 4 is 0 Å². The molecule has 3 heteroatoms. The lowest BCUT2D eigenvalue weighted by atomic mass is 9.98. The number of aryl methyl sites for hydroxylation is 2. The molecule has 0 atom stereocenters. The molecular weight excluding hydrogens is 246 g/mol. The van der Waals surface area contributed by atoms with Crippen molar-refractivity contribution in [3.63, 3.8) is 0 Å². The van der Waals surface area contributed by atoms with Crippen LogP contribution in [0.25, 0.3) is 0 Å². The second-order valence-electron chi connectivity index (χ2n) is 5.13. The molecule has 0 saturated heterocycles. The van der Waals surface area contributed by atoms with Crippen LogP contribution in [0.5, 0.6) is 5.75 Å². The second kappa shape index (κ2) is 6.88. The van der Waals surface area contributed by atoms with Crippen molar-refractivity contribution < 1.29 is 13.5 Å². The Balaban J connectivity index is 2.85. The van der Waals surface area contributed by atoms with Crippen LogP contribution in [0.3, 0.4) is 0 Å². The predicted octanol–water partition coefficient (Wildman–Crippen LogP) is 5.42. The van der Waals surface area contributed by atoms with E-state index in [1.807, 2.05) is 20.8 Å². The molecule has 0 heterocycles. The van der Waals surface area contributed by atoms with Crippen molar-refractivity contribution in [1.82, 2.24) is 0 Å². The average Bonchev–Trinajstić information content (AvgIpc) is 2.31. The summed E-state index contributed by atoms with van der Waals surface area (Å²) >= 11 is 0. The maximum Gasteiger partial charge on any atom is 0.397 e. The first-order valence-electron chi connectivity index (χ1n) is 7.06. The molecule has 0 spiro atoms. The first-order valence-corrected chi connectivity index (χ1v) is 7.06. The molecule has 1 aromatic carbocycles. The van der Waals surface area contributed by atoms with E-state index < -0.39 is 6.11 Å². The third kappa shape index (κ3) is 4.81. The molecular formula is C16H24F2O. The van der Waals surface area contributed by atoms with Gasteiger partial charge in [0.2, 0.25) is 0 Å². The SMILES string of the molecule is CCCCC(F)(F)Oc1cc(C)c(CCC)c(C)c1. The molecule has 0 aliphatic heterocycles. The molecule has 1 rings (SSSR count). The normalized spacial score (nSPS) is 11.7. The molecule has 0 N–H and O–H groups in total. The van der Waals surface area contributed by atoms with E-state index >= 15 is 0 Å². The zero-order valence-corrected chi connectivity index (χ0v) is 12.4. The van der Waals surface area contributed by atoms with Crippen molar-refractivity contribution in [2.45, 2.75) is 65.9 Å². The highest BCUT2D eigenvalue weighted by atomic mass is 19.3. The molecule has 19 heavy (non-hydrogen) atoms. The quantitative estimate of drug-likeness (QED) is 0.643. The molecule has 0 aromatic heterocycles. The van der Waals surface area contributed by atoms with Gasteiger partial charge in [0, 0.05) is 0 Å². The van der Waals surface area contributed by atoms with Gasteiger partial charge in [0.05, 0.1) is 6.42 Å². The first kappa shape index (κ1) is 15.9. The standard InChI is InChI=1S/C16H24F2O/c1-5-7-9-16(17,18)19-14-10-12(3)15(8-6-2)13(4)11-14/h10-11H,5-9H2,1-4H3. The van der Waals surface area contributed by atoms with Gasteiger partial charge in [0.15, 0.2) is 0 Å². The van der Waals surface area contributed by atoms with Crippen LogP contribution in [-0.2, 0) is 6.42 Å². The second-order valence-corrected chi connectivity index (χ2v) is 5.13. The number of benzene rings is 1. The summed E-state index contributed by atoms with van der Waals surface area (Å²) in [7, 11) is 0. The van der Waals surface area contributed by atoms with E-state index in [-0.39, 0.29) is 12.2 Å². The van der Waals surface area contributed by atoms with E-state index in [1.165, 1.54) is 5.56 Å². The topological polar surface area (TPSA) is 9.23 Å². The van der Waals surface area contributed by atoms with Crippen LogP contribution in [0.1, 0.15) is 56.2 Å². The van der Waals surface area contributed by atoms with E-state index in [4.69, 9.17) is 4.74 Å². The van der Waals surface area contributed by atoms with E-state index in [2.05, 4.69) is 6.92 Å². The van der Waals surface area contributed by atoms with Crippen molar-refractivity contribution in [3.05, 3.63) is 28.8 Å². The smallest absolute Gasteiger partial charge is 0.397 e. The Morgan fingerprint density at radius 1 is 1.05 bits per heavy atom. The molecule has 1 nitrogen and oxygen atoms in total. The van der Waals surface area contributed by atoms with Crippen LogP contribution in [0, 0.1) is 13.8 Å². The summed E-state index contributed by atoms with van der Waals surface area (Å²) in [5, 5.41) is 0. The fraction of sp³-hybridized carbons (Fsp3) is 0.625. The molecule has 0 saturated carbocycles. The first-order chi connectivity index (χ1) is 8.89. The average molecular weight is 270 g/mol. The van der Waals surface area contributed by atoms with E-state index in [0.29, 0.717) is 6.42 Å².